The highest BCUT2D eigenvalue weighted by Gasteiger charge is 2.21. The van der Waals surface area contributed by atoms with E-state index in [-0.39, 0.29) is 4.90 Å². The lowest BCUT2D eigenvalue weighted by Crippen LogP contribution is -2.15. The van der Waals surface area contributed by atoms with Crippen molar-refractivity contribution in [2.75, 3.05) is 18.4 Å². The number of benzene rings is 2. The van der Waals surface area contributed by atoms with Crippen molar-refractivity contribution in [2.24, 2.45) is 0 Å². The zero-order valence-electron chi connectivity index (χ0n) is 17.7. The number of rotatable bonds is 7. The molecular weight excluding hydrogens is 402 g/mol. The van der Waals surface area contributed by atoms with E-state index in [9.17, 15) is 8.42 Å². The Morgan fingerprint density at radius 3 is 2.40 bits per heavy atom. The molecule has 1 heterocycles. The Kier molecular flexibility index (Phi) is 6.26. The third-order valence-electron chi connectivity index (χ3n) is 4.81. The van der Waals surface area contributed by atoms with Crippen LogP contribution in [0.4, 0.5) is 5.69 Å². The molecule has 0 amide bonds. The van der Waals surface area contributed by atoms with Crippen LogP contribution in [-0.2, 0) is 10.0 Å². The molecule has 1 aromatic heterocycles. The molecule has 0 saturated carbocycles. The molecule has 8 heteroatoms. The van der Waals surface area contributed by atoms with Crippen molar-refractivity contribution in [2.45, 2.75) is 32.6 Å². The molecule has 0 bridgehead atoms. The van der Waals surface area contributed by atoms with Gasteiger partial charge in [-0.2, -0.15) is 0 Å². The van der Waals surface area contributed by atoms with E-state index in [1.54, 1.807) is 50.4 Å². The molecule has 0 aliphatic carbocycles. The molecular formula is C22H25N3O4S. The van der Waals surface area contributed by atoms with Crippen LogP contribution in [-0.4, -0.2) is 32.3 Å². The summed E-state index contributed by atoms with van der Waals surface area (Å²) in [6.07, 6.45) is 0. The van der Waals surface area contributed by atoms with E-state index in [0.717, 1.165) is 16.7 Å². The highest BCUT2D eigenvalue weighted by Crippen LogP contribution is 2.32. The highest BCUT2D eigenvalue weighted by molar-refractivity contribution is 7.92. The van der Waals surface area contributed by atoms with Crippen LogP contribution in [0.25, 0.3) is 11.3 Å². The van der Waals surface area contributed by atoms with Gasteiger partial charge in [-0.15, -0.1) is 10.2 Å². The summed E-state index contributed by atoms with van der Waals surface area (Å²) in [5.74, 6) is 1.14. The Hall–Kier alpha value is -3.13. The molecule has 158 valence electrons. The van der Waals surface area contributed by atoms with Gasteiger partial charge in [0.2, 0.25) is 5.88 Å². The second-order valence-corrected chi connectivity index (χ2v) is 8.50. The molecule has 0 aliphatic rings. The zero-order valence-corrected chi connectivity index (χ0v) is 18.5. The second kappa shape index (κ2) is 8.71. The first kappa shape index (κ1) is 21.6. The molecule has 0 aliphatic heterocycles. The van der Waals surface area contributed by atoms with Gasteiger partial charge in [-0.05, 0) is 68.7 Å². The first-order chi connectivity index (χ1) is 14.3. The maximum Gasteiger partial charge on any atom is 0.262 e. The van der Waals surface area contributed by atoms with Crippen molar-refractivity contribution in [3.8, 4) is 22.9 Å². The summed E-state index contributed by atoms with van der Waals surface area (Å²) in [6.45, 7) is 7.84. The van der Waals surface area contributed by atoms with E-state index in [0.29, 0.717) is 35.2 Å². The van der Waals surface area contributed by atoms with Crippen molar-refractivity contribution < 1.29 is 17.9 Å². The molecule has 0 atom stereocenters. The minimum absolute atomic E-state index is 0.226. The molecule has 0 saturated heterocycles. The van der Waals surface area contributed by atoms with Crippen LogP contribution < -0.4 is 14.2 Å². The van der Waals surface area contributed by atoms with Gasteiger partial charge >= 0.3 is 0 Å². The normalized spacial score (nSPS) is 11.2. The van der Waals surface area contributed by atoms with Gasteiger partial charge in [-0.3, -0.25) is 4.72 Å². The summed E-state index contributed by atoms with van der Waals surface area (Å²) in [4.78, 5) is 0.226. The molecule has 3 aromatic rings. The summed E-state index contributed by atoms with van der Waals surface area (Å²) >= 11 is 0. The lowest BCUT2D eigenvalue weighted by atomic mass is 10.1. The SMILES string of the molecule is CCOc1ccc(-c2cccc(NS(=O)(=O)c3cc(C)c(OC)c(C)c3C)c2)nn1. The minimum Gasteiger partial charge on any atom is -0.496 e. The number of aryl methyl sites for hydroxylation is 1. The third kappa shape index (κ3) is 4.38. The van der Waals surface area contributed by atoms with Crippen molar-refractivity contribution in [1.29, 1.82) is 0 Å². The first-order valence-electron chi connectivity index (χ1n) is 9.51. The molecule has 7 nitrogen and oxygen atoms in total. The van der Waals surface area contributed by atoms with Crippen LogP contribution in [0.2, 0.25) is 0 Å². The van der Waals surface area contributed by atoms with Crippen LogP contribution in [0.5, 0.6) is 11.6 Å². The van der Waals surface area contributed by atoms with E-state index in [1.807, 2.05) is 26.8 Å². The predicted molar refractivity (Wildman–Crippen MR) is 117 cm³/mol. The van der Waals surface area contributed by atoms with E-state index in [2.05, 4.69) is 14.9 Å². The third-order valence-corrected chi connectivity index (χ3v) is 6.32. The number of anilines is 1. The van der Waals surface area contributed by atoms with Gasteiger partial charge in [0.05, 0.1) is 24.3 Å². The van der Waals surface area contributed by atoms with Crippen molar-refractivity contribution >= 4 is 15.7 Å². The monoisotopic (exact) mass is 427 g/mol. The minimum atomic E-state index is -3.79. The van der Waals surface area contributed by atoms with E-state index >= 15 is 0 Å². The number of ether oxygens (including phenoxy) is 2. The molecule has 30 heavy (non-hydrogen) atoms. The lowest BCUT2D eigenvalue weighted by Gasteiger charge is -2.17. The molecule has 0 radical (unpaired) electrons. The maximum atomic E-state index is 13.1. The number of nitrogens with one attached hydrogen (secondary N) is 1. The quantitative estimate of drug-likeness (QED) is 0.605. The molecule has 3 rings (SSSR count). The molecule has 0 unspecified atom stereocenters. The molecule has 1 N–H and O–H groups in total. The maximum absolute atomic E-state index is 13.1. The fraction of sp³-hybridized carbons (Fsp3) is 0.273. The molecule has 0 spiro atoms. The average molecular weight is 428 g/mol. The van der Waals surface area contributed by atoms with Crippen LogP contribution in [0.1, 0.15) is 23.6 Å². The summed E-state index contributed by atoms with van der Waals surface area (Å²) in [5, 5.41) is 8.17. The number of hydrogen-bond donors (Lipinski definition) is 1. The van der Waals surface area contributed by atoms with Gasteiger partial charge in [0.1, 0.15) is 5.75 Å². The average Bonchev–Trinajstić information content (AvgIpc) is 2.72. The summed E-state index contributed by atoms with van der Waals surface area (Å²) < 4.78 is 39.6. The topological polar surface area (TPSA) is 90.4 Å². The Balaban J connectivity index is 1.92. The Morgan fingerprint density at radius 1 is 1.00 bits per heavy atom. The van der Waals surface area contributed by atoms with Crippen LogP contribution in [0.3, 0.4) is 0 Å². The largest absolute Gasteiger partial charge is 0.496 e. The van der Waals surface area contributed by atoms with Crippen LogP contribution in [0.15, 0.2) is 47.4 Å². The zero-order chi connectivity index (χ0) is 21.9. The fourth-order valence-corrected chi connectivity index (χ4v) is 4.70. The van der Waals surface area contributed by atoms with E-state index < -0.39 is 10.0 Å². The smallest absolute Gasteiger partial charge is 0.262 e. The number of nitrogens with zero attached hydrogens (tertiary/aromatic N) is 2. The van der Waals surface area contributed by atoms with Gasteiger partial charge in [0, 0.05) is 17.3 Å². The van der Waals surface area contributed by atoms with Crippen molar-refractivity contribution in [3.05, 3.63) is 59.2 Å². The lowest BCUT2D eigenvalue weighted by molar-refractivity contribution is 0.323. The number of methoxy groups -OCH3 is 1. The van der Waals surface area contributed by atoms with Gasteiger partial charge in [0.15, 0.2) is 0 Å². The number of sulfonamides is 1. The predicted octanol–water partition coefficient (Wildman–Crippen LogP) is 4.28. The first-order valence-corrected chi connectivity index (χ1v) is 11.0. The summed E-state index contributed by atoms with van der Waals surface area (Å²) in [5.41, 5.74) is 4.01. The summed E-state index contributed by atoms with van der Waals surface area (Å²) in [7, 11) is -2.21. The van der Waals surface area contributed by atoms with E-state index in [4.69, 9.17) is 9.47 Å². The van der Waals surface area contributed by atoms with Gasteiger partial charge < -0.3 is 9.47 Å². The van der Waals surface area contributed by atoms with Crippen LogP contribution in [0, 0.1) is 20.8 Å². The summed E-state index contributed by atoms with van der Waals surface area (Å²) in [6, 6.07) is 12.2. The Bertz CT molecular complexity index is 1160. The molecule has 2 aromatic carbocycles. The Labute approximate surface area is 177 Å². The standard InChI is InChI=1S/C22H25N3O4S/c1-6-29-21-11-10-19(23-24-21)17-8-7-9-18(13-17)25-30(26,27)20-12-14(2)22(28-5)16(4)15(20)3/h7-13,25H,6H2,1-5H3. The van der Waals surface area contributed by atoms with E-state index in [1.165, 1.54) is 0 Å². The fourth-order valence-electron chi connectivity index (χ4n) is 3.27. The van der Waals surface area contributed by atoms with Gasteiger partial charge in [-0.1, -0.05) is 12.1 Å². The second-order valence-electron chi connectivity index (χ2n) is 6.85. The van der Waals surface area contributed by atoms with Gasteiger partial charge in [-0.25, -0.2) is 8.42 Å². The van der Waals surface area contributed by atoms with Crippen molar-refractivity contribution in [3.63, 3.8) is 0 Å². The van der Waals surface area contributed by atoms with Crippen LogP contribution >= 0.6 is 0 Å². The number of aromatic nitrogens is 2. The molecule has 0 fully saturated rings. The van der Waals surface area contributed by atoms with Gasteiger partial charge in [0.25, 0.3) is 10.0 Å². The van der Waals surface area contributed by atoms with Crippen molar-refractivity contribution in [1.82, 2.24) is 10.2 Å². The number of hydrogen-bond acceptors (Lipinski definition) is 6. The highest BCUT2D eigenvalue weighted by atomic mass is 32.2. The Morgan fingerprint density at radius 2 is 1.77 bits per heavy atom.